The molecule has 1 unspecified atom stereocenters. The van der Waals surface area contributed by atoms with Gasteiger partial charge in [-0.25, -0.2) is 9.18 Å². The molecule has 1 amide bonds. The monoisotopic (exact) mass is 450 g/mol. The topological polar surface area (TPSA) is 41.6 Å². The van der Waals surface area contributed by atoms with Gasteiger partial charge in [0.2, 0.25) is 0 Å². The van der Waals surface area contributed by atoms with Crippen LogP contribution in [0.3, 0.4) is 0 Å². The summed E-state index contributed by atoms with van der Waals surface area (Å²) in [4.78, 5) is 13.9. The van der Waals surface area contributed by atoms with Crippen molar-refractivity contribution in [2.45, 2.75) is 25.3 Å². The fourth-order valence-electron chi connectivity index (χ4n) is 3.36. The first-order valence-electron chi connectivity index (χ1n) is 9.11. The van der Waals surface area contributed by atoms with E-state index in [1.165, 1.54) is 23.1 Å². The Labute approximate surface area is 172 Å². The molecule has 1 aliphatic rings. The van der Waals surface area contributed by atoms with E-state index in [1.54, 1.807) is 6.92 Å². The third-order valence-corrected chi connectivity index (χ3v) is 4.84. The van der Waals surface area contributed by atoms with Gasteiger partial charge in [-0.05, 0) is 48.4 Å². The predicted octanol–water partition coefficient (Wildman–Crippen LogP) is 5.32. The number of aryl methyl sites for hydroxylation is 1. The largest absolute Gasteiger partial charge is 0.416 e. The van der Waals surface area contributed by atoms with Gasteiger partial charge in [0.05, 0.1) is 17.2 Å². The number of hydrogen-bond donors (Lipinski definition) is 1. The van der Waals surface area contributed by atoms with Crippen LogP contribution >= 0.6 is 0 Å². The lowest BCUT2D eigenvalue weighted by Crippen LogP contribution is -2.49. The first kappa shape index (κ1) is 22.9. The van der Waals surface area contributed by atoms with E-state index in [2.05, 4.69) is 5.32 Å². The van der Waals surface area contributed by atoms with E-state index in [9.17, 15) is 35.5 Å². The summed E-state index contributed by atoms with van der Waals surface area (Å²) in [5.74, 6) is -1.36. The number of halogens is 7. The van der Waals surface area contributed by atoms with Crippen LogP contribution in [-0.2, 0) is 12.4 Å². The van der Waals surface area contributed by atoms with Crippen LogP contribution in [0.4, 0.5) is 35.5 Å². The van der Waals surface area contributed by atoms with Crippen molar-refractivity contribution < 1.29 is 40.3 Å². The number of alkyl halides is 6. The molecule has 0 radical (unpaired) electrons. The molecular weight excluding hydrogens is 433 g/mol. The molecule has 11 heteroatoms. The highest BCUT2D eigenvalue weighted by Crippen LogP contribution is 2.38. The first-order valence-corrected chi connectivity index (χ1v) is 9.11. The van der Waals surface area contributed by atoms with Gasteiger partial charge in [-0.3, -0.25) is 4.90 Å². The zero-order chi connectivity index (χ0) is 23.0. The molecule has 1 N–H and O–H groups in total. The Hall–Kier alpha value is -2.82. The standard InChI is InChI=1S/C20H17F7N2O2/c1-11-6-14(21)2-3-16(11)17-10-28-4-5-29(17)18(30)31-15-8-12(19(22,23)24)7-13(9-15)20(25,26)27/h2-3,6-9,17,28H,4-5,10H2,1H3. The van der Waals surface area contributed by atoms with Gasteiger partial charge >= 0.3 is 18.4 Å². The second-order valence-electron chi connectivity index (χ2n) is 7.02. The molecule has 2 aromatic carbocycles. The summed E-state index contributed by atoms with van der Waals surface area (Å²) in [6.07, 6.45) is -11.2. The minimum absolute atomic E-state index is 0.0488. The number of amides is 1. The Morgan fingerprint density at radius 3 is 2.19 bits per heavy atom. The minimum Gasteiger partial charge on any atom is -0.410 e. The van der Waals surface area contributed by atoms with Gasteiger partial charge < -0.3 is 10.1 Å². The van der Waals surface area contributed by atoms with Crippen LogP contribution in [-0.4, -0.2) is 30.6 Å². The van der Waals surface area contributed by atoms with Gasteiger partial charge in [0.25, 0.3) is 0 Å². The van der Waals surface area contributed by atoms with Crippen LogP contribution in [0.25, 0.3) is 0 Å². The van der Waals surface area contributed by atoms with Crippen LogP contribution < -0.4 is 10.1 Å². The van der Waals surface area contributed by atoms with Crippen LogP contribution in [0.5, 0.6) is 5.75 Å². The molecule has 31 heavy (non-hydrogen) atoms. The number of ether oxygens (including phenoxy) is 1. The van der Waals surface area contributed by atoms with E-state index in [4.69, 9.17) is 4.74 Å². The Morgan fingerprint density at radius 2 is 1.65 bits per heavy atom. The van der Waals surface area contributed by atoms with Gasteiger partial charge in [0.15, 0.2) is 0 Å². The van der Waals surface area contributed by atoms with Gasteiger partial charge in [0, 0.05) is 19.6 Å². The number of benzene rings is 2. The highest BCUT2D eigenvalue weighted by atomic mass is 19.4. The summed E-state index contributed by atoms with van der Waals surface area (Å²) in [6.45, 7) is 2.30. The molecule has 4 nitrogen and oxygen atoms in total. The molecule has 0 spiro atoms. The van der Waals surface area contributed by atoms with Crippen LogP contribution in [0.1, 0.15) is 28.3 Å². The number of carbonyl (C=O) groups is 1. The lowest BCUT2D eigenvalue weighted by Gasteiger charge is -2.36. The van der Waals surface area contributed by atoms with Crippen molar-refractivity contribution in [2.24, 2.45) is 0 Å². The highest BCUT2D eigenvalue weighted by molar-refractivity contribution is 5.72. The number of rotatable bonds is 2. The van der Waals surface area contributed by atoms with Gasteiger partial charge in [0.1, 0.15) is 11.6 Å². The van der Waals surface area contributed by atoms with E-state index >= 15 is 0 Å². The maximum absolute atomic E-state index is 13.4. The van der Waals surface area contributed by atoms with E-state index < -0.39 is 47.2 Å². The second kappa shape index (κ2) is 8.37. The minimum atomic E-state index is -5.06. The Kier molecular flexibility index (Phi) is 6.17. The zero-order valence-corrected chi connectivity index (χ0v) is 16.1. The molecule has 168 valence electrons. The molecular formula is C20H17F7N2O2. The van der Waals surface area contributed by atoms with Crippen molar-refractivity contribution in [2.75, 3.05) is 19.6 Å². The predicted molar refractivity (Wildman–Crippen MR) is 95.9 cm³/mol. The number of piperazine rings is 1. The molecule has 0 aromatic heterocycles. The summed E-state index contributed by atoms with van der Waals surface area (Å²) in [5.41, 5.74) is -2.07. The Morgan fingerprint density at radius 1 is 1.03 bits per heavy atom. The van der Waals surface area contributed by atoms with Gasteiger partial charge in [-0.1, -0.05) is 6.07 Å². The second-order valence-corrected chi connectivity index (χ2v) is 7.02. The highest BCUT2D eigenvalue weighted by Gasteiger charge is 2.38. The van der Waals surface area contributed by atoms with E-state index in [-0.39, 0.29) is 19.2 Å². The number of hydrogen-bond acceptors (Lipinski definition) is 3. The SMILES string of the molecule is Cc1cc(F)ccc1C1CNCCN1C(=O)Oc1cc(C(F)(F)F)cc(C(F)(F)F)c1. The van der Waals surface area contributed by atoms with E-state index in [0.717, 1.165) is 0 Å². The van der Waals surface area contributed by atoms with Crippen molar-refractivity contribution in [1.82, 2.24) is 10.2 Å². The number of nitrogens with one attached hydrogen (secondary N) is 1. The van der Waals surface area contributed by atoms with Crippen molar-refractivity contribution in [3.63, 3.8) is 0 Å². The molecule has 0 bridgehead atoms. The fraction of sp³-hybridized carbons (Fsp3) is 0.350. The summed E-state index contributed by atoms with van der Waals surface area (Å²) < 4.78 is 96.5. The molecule has 1 fully saturated rings. The summed E-state index contributed by atoms with van der Waals surface area (Å²) in [6, 6.07) is 3.91. The van der Waals surface area contributed by atoms with E-state index in [1.807, 2.05) is 0 Å². The molecule has 0 aliphatic carbocycles. The molecule has 1 atom stereocenters. The average Bonchev–Trinajstić information content (AvgIpc) is 2.66. The molecule has 1 saturated heterocycles. The normalized spacial score (nSPS) is 17.5. The third-order valence-electron chi connectivity index (χ3n) is 4.84. The van der Waals surface area contributed by atoms with Gasteiger partial charge in [-0.15, -0.1) is 0 Å². The molecule has 1 aliphatic heterocycles. The average molecular weight is 450 g/mol. The smallest absolute Gasteiger partial charge is 0.410 e. The Balaban J connectivity index is 1.92. The molecule has 1 heterocycles. The van der Waals surface area contributed by atoms with Crippen LogP contribution in [0.2, 0.25) is 0 Å². The third kappa shape index (κ3) is 5.27. The lowest BCUT2D eigenvalue weighted by atomic mass is 9.98. The van der Waals surface area contributed by atoms with Gasteiger partial charge in [-0.2, -0.15) is 26.3 Å². The summed E-state index contributed by atoms with van der Waals surface area (Å²) in [5, 5.41) is 3.04. The van der Waals surface area contributed by atoms with Crippen molar-refractivity contribution in [3.05, 3.63) is 64.5 Å². The van der Waals surface area contributed by atoms with Crippen LogP contribution in [0, 0.1) is 12.7 Å². The first-order chi connectivity index (χ1) is 14.4. The van der Waals surface area contributed by atoms with Crippen molar-refractivity contribution in [1.29, 1.82) is 0 Å². The van der Waals surface area contributed by atoms with Crippen LogP contribution in [0.15, 0.2) is 36.4 Å². The van der Waals surface area contributed by atoms with Crippen molar-refractivity contribution >= 4 is 6.09 Å². The van der Waals surface area contributed by atoms with Crippen molar-refractivity contribution in [3.8, 4) is 5.75 Å². The lowest BCUT2D eigenvalue weighted by molar-refractivity contribution is -0.143. The maximum Gasteiger partial charge on any atom is 0.416 e. The molecule has 0 saturated carbocycles. The maximum atomic E-state index is 13.4. The number of carbonyl (C=O) groups excluding carboxylic acids is 1. The quantitative estimate of drug-likeness (QED) is 0.630. The Bertz CT molecular complexity index is 941. The summed E-state index contributed by atoms with van der Waals surface area (Å²) in [7, 11) is 0. The molecule has 3 rings (SSSR count). The zero-order valence-electron chi connectivity index (χ0n) is 16.1. The van der Waals surface area contributed by atoms with E-state index in [0.29, 0.717) is 29.8 Å². The number of nitrogens with zero attached hydrogens (tertiary/aromatic N) is 1. The molecule has 2 aromatic rings. The summed E-state index contributed by atoms with van der Waals surface area (Å²) >= 11 is 0. The fourth-order valence-corrected chi connectivity index (χ4v) is 3.36.